The Labute approximate surface area is 695 Å². The van der Waals surface area contributed by atoms with E-state index in [4.69, 9.17) is 5.73 Å². The fraction of sp³-hybridized carbons (Fsp3) is 0.685. The van der Waals surface area contributed by atoms with Crippen molar-refractivity contribution in [2.24, 2.45) is 5.73 Å². The lowest BCUT2D eigenvalue weighted by atomic mass is 9.82. The van der Waals surface area contributed by atoms with Crippen molar-refractivity contribution in [1.82, 2.24) is 29.8 Å². The van der Waals surface area contributed by atoms with Gasteiger partial charge in [0.2, 0.25) is 76.0 Å². The summed E-state index contributed by atoms with van der Waals surface area (Å²) in [6, 6.07) is 0. The first-order valence-electron chi connectivity index (χ1n) is 41.6. The van der Waals surface area contributed by atoms with Crippen LogP contribution in [0.2, 0.25) is 0 Å². The third kappa shape index (κ3) is 30.6. The Balaban J connectivity index is 0.000000684. The van der Waals surface area contributed by atoms with Gasteiger partial charge in [-0.25, -0.2) is 0 Å². The molecule has 0 spiro atoms. The van der Waals surface area contributed by atoms with Crippen LogP contribution in [0.3, 0.4) is 0 Å². The van der Waals surface area contributed by atoms with E-state index < -0.39 is 5.43 Å². The van der Waals surface area contributed by atoms with E-state index in [-0.39, 0.29) is 108 Å². The monoisotopic (exact) mass is 1640 g/mol. The average molecular weight is 1640 g/mol. The summed E-state index contributed by atoms with van der Waals surface area (Å²) in [5, 5.41) is 24.4. The third-order valence-electron chi connectivity index (χ3n) is 19.7. The normalized spacial score (nSPS) is 12.3. The Hall–Kier alpha value is -8.12. The van der Waals surface area contributed by atoms with Crippen LogP contribution in [0.25, 0.3) is 0 Å². The van der Waals surface area contributed by atoms with E-state index in [1.54, 1.807) is 0 Å². The van der Waals surface area contributed by atoms with Crippen molar-refractivity contribution in [3.63, 3.8) is 0 Å². The minimum atomic E-state index is -0.414. The Morgan fingerprint density at radius 1 is 0.239 bits per heavy atom. The zero-order valence-electron chi connectivity index (χ0n) is 77.6. The molecule has 0 heterocycles. The van der Waals surface area contributed by atoms with E-state index in [0.29, 0.717) is 131 Å². The molecule has 7 aromatic rings. The van der Waals surface area contributed by atoms with Gasteiger partial charge in [0.25, 0.3) is 0 Å². The summed E-state index contributed by atoms with van der Waals surface area (Å²) in [6.07, 6.45) is 2.24. The van der Waals surface area contributed by atoms with E-state index in [1.807, 2.05) is 178 Å². The van der Waals surface area contributed by atoms with E-state index >= 15 is 0 Å². The Morgan fingerprint density at radius 2 is 0.453 bits per heavy atom. The number of rotatable bonds is 35. The van der Waals surface area contributed by atoms with Gasteiger partial charge in [-0.1, -0.05) is 187 Å². The molecule has 0 unspecified atom stereocenters. The van der Waals surface area contributed by atoms with Crippen LogP contribution >= 0.6 is 0 Å². The highest BCUT2D eigenvalue weighted by molar-refractivity contribution is 5.64. The van der Waals surface area contributed by atoms with Crippen LogP contribution in [-0.4, -0.2) is 191 Å². The number of nitrogens with zero attached hydrogens (tertiary/aromatic N) is 5. The van der Waals surface area contributed by atoms with Crippen molar-refractivity contribution in [3.8, 4) is 0 Å². The fourth-order valence-electron chi connectivity index (χ4n) is 13.2. The number of nitrogens with two attached hydrogens (primary N) is 1. The summed E-state index contributed by atoms with van der Waals surface area (Å²) in [6.45, 7) is 69.9. The van der Waals surface area contributed by atoms with E-state index in [2.05, 4.69) is 111 Å². The molecular formula is C89H150N14O14. The van der Waals surface area contributed by atoms with Gasteiger partial charge in [0.05, 0.1) is 39.8 Å². The minimum absolute atomic E-state index is 0.257. The highest BCUT2D eigenvalue weighted by Gasteiger charge is 2.36. The van der Waals surface area contributed by atoms with Gasteiger partial charge in [0, 0.05) is 131 Å². The predicted molar refractivity (Wildman–Crippen MR) is 492 cm³/mol. The molecule has 0 bridgehead atoms. The standard InChI is InChI=1S/C15H26N2O2.2C14H24N2O2.C13H22N2O2.C12H20N2O2.C11H18N2O2.C10H16N2O2/c1-6-9-17(7-2)10-8-16-12-11(15(3,4)5)13(18)14(12)19;1-6-8-16(5)9-7-15-11-10(14(2,3)4)12(17)13(11)18;1-6-16(7-2)9-8-15-11-10(14(3,4)5)12(17)13(11)18;1-6-15(5)8-7-14-10-9(13(2,3)4)11(16)12(10)17;1-12(2,3)8-9(11(16)10(8)15)13-6-7-14(4)5;1-11(2,3)7-8(10(15)9(7)14)13-6-5-12-4;1-10(2,3)6-7(12-5-4-11)9(14)8(6)13/h16H,6-10H2,1-5H3;2*15H,6-9H2,1-5H3;14H,6-8H2,1-5H3;13H,6-7H2,1-5H3;12-13H,5-6H2,1-4H3;12H,4-5,11H2,1-3H3. The Morgan fingerprint density at radius 3 is 0.658 bits per heavy atom. The summed E-state index contributed by atoms with van der Waals surface area (Å²) < 4.78 is 0. The number of hydrogen-bond acceptors (Lipinski definition) is 28. The Kier molecular flexibility index (Phi) is 42.4. The minimum Gasteiger partial charge on any atom is -0.380 e. The first-order chi connectivity index (χ1) is 53.8. The van der Waals surface area contributed by atoms with Crippen LogP contribution in [0, 0.1) is 0 Å². The second-order valence-corrected chi connectivity index (χ2v) is 37.5. The van der Waals surface area contributed by atoms with E-state index in [0.717, 1.165) is 91.4 Å². The van der Waals surface area contributed by atoms with Gasteiger partial charge in [-0.15, -0.1) is 0 Å². The number of anilines is 7. The van der Waals surface area contributed by atoms with Crippen molar-refractivity contribution < 1.29 is 0 Å². The lowest BCUT2D eigenvalue weighted by Crippen LogP contribution is -2.44. The molecule has 117 heavy (non-hydrogen) atoms. The molecule has 0 aliphatic carbocycles. The maximum Gasteiger partial charge on any atom is 0.249 e. The molecule has 0 aliphatic rings. The first kappa shape index (κ1) is 107. The topological polar surface area (TPSA) is 377 Å². The fourth-order valence-corrected chi connectivity index (χ4v) is 13.2. The van der Waals surface area contributed by atoms with Crippen LogP contribution < -0.4 is 124 Å². The number of likely N-dealkylation sites (N-methyl/N-ethyl adjacent to an activating group) is 6. The number of hydrogen-bond donors (Lipinski definition) is 9. The second-order valence-electron chi connectivity index (χ2n) is 37.5. The molecule has 660 valence electrons. The maximum absolute atomic E-state index is 11.6. The molecule has 0 aromatic heterocycles. The van der Waals surface area contributed by atoms with Crippen molar-refractivity contribution in [3.05, 3.63) is 182 Å². The third-order valence-corrected chi connectivity index (χ3v) is 19.7. The summed E-state index contributed by atoms with van der Waals surface area (Å²) >= 11 is 0. The lowest BCUT2D eigenvalue weighted by Gasteiger charge is -2.25. The van der Waals surface area contributed by atoms with Crippen molar-refractivity contribution in [1.29, 1.82) is 0 Å². The van der Waals surface area contributed by atoms with Gasteiger partial charge in [0.1, 0.15) is 0 Å². The summed E-state index contributed by atoms with van der Waals surface area (Å²) in [4.78, 5) is 172. The summed E-state index contributed by atoms with van der Waals surface area (Å²) in [5.74, 6) is 0. The predicted octanol–water partition coefficient (Wildman–Crippen LogP) is 6.05. The van der Waals surface area contributed by atoms with Crippen LogP contribution in [0.15, 0.2) is 67.1 Å². The molecule has 28 heteroatoms. The summed E-state index contributed by atoms with van der Waals surface area (Å²) in [5.41, 5.74) is 6.53. The SMILES string of the molecule is CC(C)(C)c1c(NCCN)c(=O)c1=O.CCCN(C)CCNc1c(C(C)(C)C)c(=O)c1=O.CCCN(CC)CCNc1c(C(C)(C)C)c(=O)c1=O.CCN(C)CCNc1c(C(C)(C)C)c(=O)c1=O.CCN(CC)CCNc1c(C(C)(C)C)c(=O)c1=O.CN(C)CCNc1c(C(C)(C)C)c(=O)c1=O.CNCCNc1c(C(C)(C)C)c(=O)c1=O. The quantitative estimate of drug-likeness (QED) is 0.0161. The van der Waals surface area contributed by atoms with Gasteiger partial charge in [-0.2, -0.15) is 0 Å². The first-order valence-corrected chi connectivity index (χ1v) is 41.6. The van der Waals surface area contributed by atoms with E-state index in [9.17, 15) is 67.1 Å². The highest BCUT2D eigenvalue weighted by Crippen LogP contribution is 2.31. The molecule has 0 fully saturated rings. The van der Waals surface area contributed by atoms with Crippen molar-refractivity contribution in [2.45, 2.75) is 238 Å². The molecule has 0 radical (unpaired) electrons. The molecule has 7 aromatic carbocycles. The zero-order chi connectivity index (χ0) is 90.8. The Bertz CT molecular complexity index is 4780. The lowest BCUT2D eigenvalue weighted by molar-refractivity contribution is 0.300. The van der Waals surface area contributed by atoms with Crippen LogP contribution in [-0.2, 0) is 37.9 Å². The molecule has 0 amide bonds. The molecule has 0 aliphatic heterocycles. The molecule has 0 saturated heterocycles. The van der Waals surface area contributed by atoms with Gasteiger partial charge >= 0.3 is 0 Å². The van der Waals surface area contributed by atoms with Gasteiger partial charge in [-0.3, -0.25) is 67.1 Å². The summed E-state index contributed by atoms with van der Waals surface area (Å²) in [7, 11) is 9.85. The van der Waals surface area contributed by atoms with Gasteiger partial charge in [0.15, 0.2) is 0 Å². The average Bonchev–Trinajstić information content (AvgIpc) is 0.795. The van der Waals surface area contributed by atoms with Crippen LogP contribution in [0.4, 0.5) is 39.8 Å². The second kappa shape index (κ2) is 46.5. The van der Waals surface area contributed by atoms with Crippen LogP contribution in [0.1, 0.15) is 239 Å². The smallest absolute Gasteiger partial charge is 0.249 e. The largest absolute Gasteiger partial charge is 0.380 e. The molecule has 0 atom stereocenters. The molecule has 28 nitrogen and oxygen atoms in total. The van der Waals surface area contributed by atoms with Gasteiger partial charge in [-0.05, 0) is 125 Å². The van der Waals surface area contributed by atoms with E-state index in [1.165, 1.54) is 0 Å². The maximum atomic E-state index is 11.6. The molecular weight excluding hydrogens is 1490 g/mol. The zero-order valence-corrected chi connectivity index (χ0v) is 77.6. The number of nitrogens with one attached hydrogen (secondary N) is 8. The van der Waals surface area contributed by atoms with Gasteiger partial charge < -0.3 is 72.8 Å². The molecule has 7 rings (SSSR count). The van der Waals surface area contributed by atoms with Crippen LogP contribution in [0.5, 0.6) is 0 Å². The molecule has 10 N–H and O–H groups in total. The highest BCUT2D eigenvalue weighted by atomic mass is 16.2. The molecule has 0 saturated carbocycles. The van der Waals surface area contributed by atoms with Crippen molar-refractivity contribution >= 4 is 39.8 Å². The van der Waals surface area contributed by atoms with Crippen molar-refractivity contribution in [2.75, 3.05) is 203 Å².